The lowest BCUT2D eigenvalue weighted by Gasteiger charge is -2.25. The normalized spacial score (nSPS) is 19.4. The van der Waals surface area contributed by atoms with Crippen LogP contribution in [0.25, 0.3) is 0 Å². The highest BCUT2D eigenvalue weighted by atomic mass is 19.4. The standard InChI is InChI=1S/C12H13F3N2O3/c13-12(14,15)10-6-8(3-4-11(10)17(19)20)16-5-1-2-9(16)7-18/h3-4,6,9,18H,1-2,5,7H2/t9-/m1/s1. The van der Waals surface area contributed by atoms with E-state index in [1.54, 1.807) is 4.90 Å². The number of halogens is 3. The molecular weight excluding hydrogens is 277 g/mol. The molecule has 0 amide bonds. The summed E-state index contributed by atoms with van der Waals surface area (Å²) in [5.74, 6) is 0. The number of aliphatic hydroxyl groups excluding tert-OH is 1. The average Bonchev–Trinajstić information content (AvgIpc) is 2.85. The molecule has 1 aliphatic heterocycles. The van der Waals surface area contributed by atoms with Crippen LogP contribution >= 0.6 is 0 Å². The summed E-state index contributed by atoms with van der Waals surface area (Å²) < 4.78 is 38.6. The number of nitro benzene ring substituents is 1. The molecule has 1 aromatic carbocycles. The van der Waals surface area contributed by atoms with Gasteiger partial charge in [-0.05, 0) is 25.0 Å². The van der Waals surface area contributed by atoms with Gasteiger partial charge in [0.1, 0.15) is 5.56 Å². The molecule has 1 heterocycles. The van der Waals surface area contributed by atoms with Crippen molar-refractivity contribution in [2.24, 2.45) is 0 Å². The molecule has 0 aromatic heterocycles. The van der Waals surface area contributed by atoms with Crippen LogP contribution in [0.2, 0.25) is 0 Å². The van der Waals surface area contributed by atoms with Crippen molar-refractivity contribution in [3.05, 3.63) is 33.9 Å². The van der Waals surface area contributed by atoms with E-state index >= 15 is 0 Å². The first-order valence-corrected chi connectivity index (χ1v) is 6.07. The van der Waals surface area contributed by atoms with Crippen LogP contribution in [0, 0.1) is 10.1 Å². The molecule has 0 bridgehead atoms. The van der Waals surface area contributed by atoms with Gasteiger partial charge in [0.25, 0.3) is 5.69 Å². The van der Waals surface area contributed by atoms with Crippen molar-refractivity contribution in [3.63, 3.8) is 0 Å². The van der Waals surface area contributed by atoms with Crippen molar-refractivity contribution in [1.29, 1.82) is 0 Å². The van der Waals surface area contributed by atoms with E-state index in [4.69, 9.17) is 0 Å². The van der Waals surface area contributed by atoms with Gasteiger partial charge >= 0.3 is 6.18 Å². The fraction of sp³-hybridized carbons (Fsp3) is 0.500. The lowest BCUT2D eigenvalue weighted by atomic mass is 10.1. The molecule has 0 saturated carbocycles. The van der Waals surface area contributed by atoms with Gasteiger partial charge in [-0.25, -0.2) is 0 Å². The zero-order valence-electron chi connectivity index (χ0n) is 10.4. The van der Waals surface area contributed by atoms with Crippen molar-refractivity contribution >= 4 is 11.4 Å². The van der Waals surface area contributed by atoms with Gasteiger partial charge in [-0.15, -0.1) is 0 Å². The lowest BCUT2D eigenvalue weighted by molar-refractivity contribution is -0.388. The maximum atomic E-state index is 12.9. The summed E-state index contributed by atoms with van der Waals surface area (Å²) in [6.07, 6.45) is -3.33. The molecule has 5 nitrogen and oxygen atoms in total. The van der Waals surface area contributed by atoms with Crippen molar-refractivity contribution in [1.82, 2.24) is 0 Å². The predicted octanol–water partition coefficient (Wildman–Crippen LogP) is 2.57. The topological polar surface area (TPSA) is 66.6 Å². The molecule has 0 aliphatic carbocycles. The molecule has 8 heteroatoms. The zero-order valence-corrected chi connectivity index (χ0v) is 10.4. The first kappa shape index (κ1) is 14.6. The Kier molecular flexibility index (Phi) is 3.85. The van der Waals surface area contributed by atoms with Crippen molar-refractivity contribution in [2.75, 3.05) is 18.1 Å². The van der Waals surface area contributed by atoms with E-state index in [1.165, 1.54) is 6.07 Å². The molecule has 1 saturated heterocycles. The Labute approximate surface area is 112 Å². The second kappa shape index (κ2) is 5.28. The van der Waals surface area contributed by atoms with Crippen LogP contribution < -0.4 is 4.90 Å². The molecule has 0 radical (unpaired) electrons. The Hall–Kier alpha value is -1.83. The predicted molar refractivity (Wildman–Crippen MR) is 65.6 cm³/mol. The van der Waals surface area contributed by atoms with Crippen LogP contribution in [-0.4, -0.2) is 29.2 Å². The second-order valence-corrected chi connectivity index (χ2v) is 4.63. The van der Waals surface area contributed by atoms with E-state index in [-0.39, 0.29) is 18.3 Å². The minimum Gasteiger partial charge on any atom is -0.394 e. The van der Waals surface area contributed by atoms with E-state index in [9.17, 15) is 28.4 Å². The SMILES string of the molecule is O=[N+]([O-])c1ccc(N2CCC[C@@H]2CO)cc1C(F)(F)F. The number of benzene rings is 1. The van der Waals surface area contributed by atoms with Crippen LogP contribution in [0.4, 0.5) is 24.5 Å². The maximum absolute atomic E-state index is 12.9. The van der Waals surface area contributed by atoms with E-state index in [0.717, 1.165) is 18.6 Å². The van der Waals surface area contributed by atoms with Gasteiger partial charge in [0.15, 0.2) is 0 Å². The van der Waals surface area contributed by atoms with Gasteiger partial charge in [-0.3, -0.25) is 10.1 Å². The van der Waals surface area contributed by atoms with Crippen molar-refractivity contribution in [2.45, 2.75) is 25.1 Å². The number of anilines is 1. The molecule has 1 N–H and O–H groups in total. The largest absolute Gasteiger partial charge is 0.423 e. The number of alkyl halides is 3. The lowest BCUT2D eigenvalue weighted by Crippen LogP contribution is -2.32. The summed E-state index contributed by atoms with van der Waals surface area (Å²) in [6.45, 7) is 0.374. The Bertz CT molecular complexity index is 519. The molecule has 0 unspecified atom stereocenters. The van der Waals surface area contributed by atoms with Gasteiger partial charge in [0.2, 0.25) is 0 Å². The van der Waals surface area contributed by atoms with Crippen molar-refractivity contribution in [3.8, 4) is 0 Å². The first-order valence-electron chi connectivity index (χ1n) is 6.07. The van der Waals surface area contributed by atoms with Crippen LogP contribution in [-0.2, 0) is 6.18 Å². The zero-order chi connectivity index (χ0) is 14.9. The number of hydrogen-bond acceptors (Lipinski definition) is 4. The highest BCUT2D eigenvalue weighted by Gasteiger charge is 2.39. The molecule has 110 valence electrons. The van der Waals surface area contributed by atoms with Gasteiger partial charge in [0.05, 0.1) is 17.6 Å². The Morgan fingerprint density at radius 3 is 2.70 bits per heavy atom. The van der Waals surface area contributed by atoms with Gasteiger partial charge < -0.3 is 10.0 Å². The summed E-state index contributed by atoms with van der Waals surface area (Å²) in [5.41, 5.74) is -1.97. The van der Waals surface area contributed by atoms with E-state index in [2.05, 4.69) is 0 Å². The highest BCUT2D eigenvalue weighted by molar-refractivity contribution is 5.57. The number of rotatable bonds is 3. The fourth-order valence-electron chi connectivity index (χ4n) is 2.45. The maximum Gasteiger partial charge on any atom is 0.423 e. The summed E-state index contributed by atoms with van der Waals surface area (Å²) in [6, 6.07) is 2.70. The Morgan fingerprint density at radius 2 is 2.15 bits per heavy atom. The molecule has 0 spiro atoms. The van der Waals surface area contributed by atoms with Gasteiger partial charge in [0, 0.05) is 18.3 Å². The van der Waals surface area contributed by atoms with Crippen LogP contribution in [0.1, 0.15) is 18.4 Å². The third-order valence-electron chi connectivity index (χ3n) is 3.40. The number of nitrogens with zero attached hydrogens (tertiary/aromatic N) is 2. The van der Waals surface area contributed by atoms with Crippen molar-refractivity contribution < 1.29 is 23.2 Å². The van der Waals surface area contributed by atoms with Crippen LogP contribution in [0.5, 0.6) is 0 Å². The molecule has 1 aromatic rings. The summed E-state index contributed by atoms with van der Waals surface area (Å²) in [4.78, 5) is 11.3. The molecule has 1 aliphatic rings. The number of hydrogen-bond donors (Lipinski definition) is 1. The molecule has 20 heavy (non-hydrogen) atoms. The molecular formula is C12H13F3N2O3. The third kappa shape index (κ3) is 2.69. The second-order valence-electron chi connectivity index (χ2n) is 4.63. The fourth-order valence-corrected chi connectivity index (χ4v) is 2.45. The Balaban J connectivity index is 2.44. The van der Waals surface area contributed by atoms with Crippen LogP contribution in [0.3, 0.4) is 0 Å². The number of nitro groups is 1. The van der Waals surface area contributed by atoms with Gasteiger partial charge in [-0.2, -0.15) is 13.2 Å². The minimum atomic E-state index is -4.78. The molecule has 1 atom stereocenters. The summed E-state index contributed by atoms with van der Waals surface area (Å²) in [5, 5.41) is 19.9. The summed E-state index contributed by atoms with van der Waals surface area (Å²) in [7, 11) is 0. The monoisotopic (exact) mass is 290 g/mol. The van der Waals surface area contributed by atoms with Gasteiger partial charge in [-0.1, -0.05) is 0 Å². The summed E-state index contributed by atoms with van der Waals surface area (Å²) >= 11 is 0. The quantitative estimate of drug-likeness (QED) is 0.686. The molecule has 2 rings (SSSR count). The highest BCUT2D eigenvalue weighted by Crippen LogP contribution is 2.39. The smallest absolute Gasteiger partial charge is 0.394 e. The van der Waals surface area contributed by atoms with E-state index in [1.807, 2.05) is 0 Å². The Morgan fingerprint density at radius 1 is 1.45 bits per heavy atom. The first-order chi connectivity index (χ1) is 9.34. The minimum absolute atomic E-state index is 0.154. The average molecular weight is 290 g/mol. The van der Waals surface area contributed by atoms with E-state index in [0.29, 0.717) is 13.0 Å². The number of aliphatic hydroxyl groups is 1. The van der Waals surface area contributed by atoms with Crippen LogP contribution in [0.15, 0.2) is 18.2 Å². The third-order valence-corrected chi connectivity index (χ3v) is 3.40. The molecule has 1 fully saturated rings. The van der Waals surface area contributed by atoms with E-state index < -0.39 is 22.4 Å².